The van der Waals surface area contributed by atoms with Crippen molar-refractivity contribution in [1.29, 1.82) is 0 Å². The van der Waals surface area contributed by atoms with Gasteiger partial charge in [-0.05, 0) is 61.4 Å². The fourth-order valence-electron chi connectivity index (χ4n) is 2.84. The normalized spacial score (nSPS) is 10.1. The second kappa shape index (κ2) is 14.1. The highest BCUT2D eigenvalue weighted by atomic mass is 16.5. The lowest BCUT2D eigenvalue weighted by atomic mass is 10.2. The summed E-state index contributed by atoms with van der Waals surface area (Å²) >= 11 is 0. The van der Waals surface area contributed by atoms with Crippen molar-refractivity contribution in [3.63, 3.8) is 0 Å². The van der Waals surface area contributed by atoms with Crippen LogP contribution in [0.2, 0.25) is 0 Å². The van der Waals surface area contributed by atoms with Crippen molar-refractivity contribution in [2.45, 2.75) is 39.5 Å². The Morgan fingerprint density at radius 2 is 1.26 bits per heavy atom. The quantitative estimate of drug-likeness (QED) is 0.393. The maximum atomic E-state index is 12.1. The molecule has 0 aromatic heterocycles. The van der Waals surface area contributed by atoms with Crippen LogP contribution in [-0.4, -0.2) is 42.9 Å². The Morgan fingerprint density at radius 3 is 1.83 bits per heavy atom. The molecule has 10 heteroatoms. The molecule has 3 amide bonds. The first-order chi connectivity index (χ1) is 16.8. The molecule has 0 saturated carbocycles. The summed E-state index contributed by atoms with van der Waals surface area (Å²) in [5, 5.41) is 7.88. The van der Waals surface area contributed by atoms with Gasteiger partial charge in [0.2, 0.25) is 11.8 Å². The Morgan fingerprint density at radius 1 is 0.714 bits per heavy atom. The van der Waals surface area contributed by atoms with E-state index in [1.807, 2.05) is 6.92 Å². The summed E-state index contributed by atoms with van der Waals surface area (Å²) < 4.78 is 9.98. The molecule has 0 aliphatic carbocycles. The maximum absolute atomic E-state index is 12.1. The third-order valence-electron chi connectivity index (χ3n) is 4.48. The molecule has 0 heterocycles. The van der Waals surface area contributed by atoms with Gasteiger partial charge < -0.3 is 25.4 Å². The van der Waals surface area contributed by atoms with Gasteiger partial charge in [0, 0.05) is 36.8 Å². The molecule has 0 aliphatic rings. The predicted molar refractivity (Wildman–Crippen MR) is 130 cm³/mol. The van der Waals surface area contributed by atoms with E-state index in [2.05, 4.69) is 16.0 Å². The second-order valence-electron chi connectivity index (χ2n) is 7.58. The van der Waals surface area contributed by atoms with Crippen LogP contribution in [0.15, 0.2) is 48.5 Å². The number of hydrogen-bond donors (Lipinski definition) is 3. The number of benzene rings is 2. The van der Waals surface area contributed by atoms with E-state index >= 15 is 0 Å². The summed E-state index contributed by atoms with van der Waals surface area (Å²) in [6.07, 6.45) is 1.05. The van der Waals surface area contributed by atoms with Crippen molar-refractivity contribution in [3.05, 3.63) is 54.1 Å². The molecular weight excluding hydrogens is 454 g/mol. The fourth-order valence-corrected chi connectivity index (χ4v) is 2.84. The lowest BCUT2D eigenvalue weighted by Crippen LogP contribution is -2.21. The second-order valence-corrected chi connectivity index (χ2v) is 7.58. The van der Waals surface area contributed by atoms with Gasteiger partial charge in [-0.15, -0.1) is 0 Å². The monoisotopic (exact) mass is 483 g/mol. The average molecular weight is 484 g/mol. The minimum absolute atomic E-state index is 0.0195. The zero-order valence-electron chi connectivity index (χ0n) is 19.7. The SMILES string of the molecule is CCCOC(=O)c1ccc(NC(=O)CCCC(=O)OCC(=O)Nc2ccc(NC(C)=O)cc2)cc1. The molecule has 10 nitrogen and oxygen atoms in total. The number of rotatable bonds is 12. The Balaban J connectivity index is 1.64. The molecule has 2 aromatic rings. The van der Waals surface area contributed by atoms with Crippen molar-refractivity contribution in [2.75, 3.05) is 29.2 Å². The Hall–Kier alpha value is -4.21. The molecule has 35 heavy (non-hydrogen) atoms. The number of amides is 3. The van der Waals surface area contributed by atoms with Crippen molar-refractivity contribution < 1.29 is 33.4 Å². The predicted octanol–water partition coefficient (Wildman–Crippen LogP) is 3.50. The molecule has 0 atom stereocenters. The smallest absolute Gasteiger partial charge is 0.338 e. The minimum atomic E-state index is -0.594. The summed E-state index contributed by atoms with van der Waals surface area (Å²) in [5.41, 5.74) is 1.99. The van der Waals surface area contributed by atoms with Crippen LogP contribution in [0.4, 0.5) is 17.1 Å². The highest BCUT2D eigenvalue weighted by Crippen LogP contribution is 2.14. The first-order valence-corrected chi connectivity index (χ1v) is 11.2. The van der Waals surface area contributed by atoms with Gasteiger partial charge in [-0.25, -0.2) is 4.79 Å². The molecule has 0 aliphatic heterocycles. The van der Waals surface area contributed by atoms with E-state index in [1.165, 1.54) is 6.92 Å². The molecule has 186 valence electrons. The van der Waals surface area contributed by atoms with Crippen LogP contribution in [0.3, 0.4) is 0 Å². The van der Waals surface area contributed by atoms with Gasteiger partial charge in [0.25, 0.3) is 5.91 Å². The number of hydrogen-bond acceptors (Lipinski definition) is 7. The van der Waals surface area contributed by atoms with Crippen LogP contribution in [0.5, 0.6) is 0 Å². The van der Waals surface area contributed by atoms with E-state index in [-0.39, 0.29) is 31.1 Å². The molecule has 2 aromatic carbocycles. The van der Waals surface area contributed by atoms with E-state index in [1.54, 1.807) is 48.5 Å². The van der Waals surface area contributed by atoms with Crippen molar-refractivity contribution in [3.8, 4) is 0 Å². The van der Waals surface area contributed by atoms with Gasteiger partial charge in [0.05, 0.1) is 12.2 Å². The molecule has 0 radical (unpaired) electrons. The van der Waals surface area contributed by atoms with Crippen LogP contribution >= 0.6 is 0 Å². The zero-order valence-corrected chi connectivity index (χ0v) is 19.7. The van der Waals surface area contributed by atoms with Crippen LogP contribution in [0, 0.1) is 0 Å². The molecule has 3 N–H and O–H groups in total. The molecule has 2 rings (SSSR count). The summed E-state index contributed by atoms with van der Waals surface area (Å²) in [6, 6.07) is 12.8. The highest BCUT2D eigenvalue weighted by molar-refractivity contribution is 5.94. The van der Waals surface area contributed by atoms with Crippen molar-refractivity contribution in [2.24, 2.45) is 0 Å². The van der Waals surface area contributed by atoms with Gasteiger partial charge in [-0.3, -0.25) is 19.2 Å². The zero-order chi connectivity index (χ0) is 25.6. The maximum Gasteiger partial charge on any atom is 0.338 e. The van der Waals surface area contributed by atoms with Crippen LogP contribution in [0.1, 0.15) is 49.9 Å². The largest absolute Gasteiger partial charge is 0.462 e. The Bertz CT molecular complexity index is 1030. The standard InChI is InChI=1S/C25H29N3O7/c1-3-15-34-25(33)18-7-9-20(10-8-18)27-22(30)5-4-6-24(32)35-16-23(31)28-21-13-11-19(12-14-21)26-17(2)29/h7-14H,3-6,15-16H2,1-2H3,(H,26,29)(H,27,30)(H,28,31). The number of ether oxygens (including phenoxy) is 2. The fraction of sp³-hybridized carbons (Fsp3) is 0.320. The highest BCUT2D eigenvalue weighted by Gasteiger charge is 2.11. The first-order valence-electron chi connectivity index (χ1n) is 11.2. The van der Waals surface area contributed by atoms with Crippen molar-refractivity contribution in [1.82, 2.24) is 0 Å². The van der Waals surface area contributed by atoms with E-state index in [9.17, 15) is 24.0 Å². The van der Waals surface area contributed by atoms with Gasteiger partial charge >= 0.3 is 11.9 Å². The van der Waals surface area contributed by atoms with Crippen LogP contribution in [-0.2, 0) is 28.7 Å². The summed E-state index contributed by atoms with van der Waals surface area (Å²) in [7, 11) is 0. The number of nitrogens with one attached hydrogen (secondary N) is 3. The van der Waals surface area contributed by atoms with E-state index < -0.39 is 24.5 Å². The van der Waals surface area contributed by atoms with Crippen LogP contribution < -0.4 is 16.0 Å². The van der Waals surface area contributed by atoms with Gasteiger partial charge in [-0.1, -0.05) is 6.92 Å². The molecule has 0 bridgehead atoms. The third-order valence-corrected chi connectivity index (χ3v) is 4.48. The van der Waals surface area contributed by atoms with Gasteiger partial charge in [0.1, 0.15) is 0 Å². The lowest BCUT2D eigenvalue weighted by molar-refractivity contribution is -0.147. The van der Waals surface area contributed by atoms with Gasteiger partial charge in [0.15, 0.2) is 6.61 Å². The molecule has 0 fully saturated rings. The summed E-state index contributed by atoms with van der Waals surface area (Å²) in [4.78, 5) is 58.6. The molecular formula is C25H29N3O7. The van der Waals surface area contributed by atoms with E-state index in [4.69, 9.17) is 9.47 Å². The third kappa shape index (κ3) is 10.5. The number of carbonyl (C=O) groups is 5. The first kappa shape index (κ1) is 27.0. The summed E-state index contributed by atoms with van der Waals surface area (Å²) in [5.74, 6) is -2.02. The number of anilines is 3. The molecule has 0 saturated heterocycles. The molecule has 0 unspecified atom stereocenters. The minimum Gasteiger partial charge on any atom is -0.462 e. The Labute approximate surface area is 203 Å². The topological polar surface area (TPSA) is 140 Å². The number of carbonyl (C=O) groups excluding carboxylic acids is 5. The molecule has 0 spiro atoms. The van der Waals surface area contributed by atoms with Crippen LogP contribution in [0.25, 0.3) is 0 Å². The van der Waals surface area contributed by atoms with E-state index in [0.29, 0.717) is 29.2 Å². The summed E-state index contributed by atoms with van der Waals surface area (Å²) in [6.45, 7) is 3.19. The Kier molecular flexibility index (Phi) is 10.9. The number of esters is 2. The lowest BCUT2D eigenvalue weighted by Gasteiger charge is -2.08. The average Bonchev–Trinajstić information content (AvgIpc) is 2.82. The van der Waals surface area contributed by atoms with E-state index in [0.717, 1.165) is 6.42 Å². The van der Waals surface area contributed by atoms with Crippen molar-refractivity contribution >= 4 is 46.7 Å². The van der Waals surface area contributed by atoms with Gasteiger partial charge in [-0.2, -0.15) is 0 Å².